The summed E-state index contributed by atoms with van der Waals surface area (Å²) >= 11 is 0. The fourth-order valence-corrected chi connectivity index (χ4v) is 10.6. The summed E-state index contributed by atoms with van der Waals surface area (Å²) in [4.78, 5) is 0. The first-order valence-electron chi connectivity index (χ1n) is 21.4. The molecule has 66 heavy (non-hydrogen) atoms. The molecular formula is C56H32F6N4. The van der Waals surface area contributed by atoms with Gasteiger partial charge in [0, 0.05) is 54.5 Å². The molecule has 0 spiro atoms. The maximum Gasteiger partial charge on any atom is 0.420 e. The van der Waals surface area contributed by atoms with Gasteiger partial charge in [-0.3, -0.25) is 0 Å². The minimum atomic E-state index is -5.16. The maximum absolute atomic E-state index is 16.8. The molecule has 0 amide bonds. The lowest BCUT2D eigenvalue weighted by molar-refractivity contribution is -0.141. The van der Waals surface area contributed by atoms with Crippen LogP contribution in [0, 0.1) is 0 Å². The molecule has 0 radical (unpaired) electrons. The molecule has 318 valence electrons. The van der Waals surface area contributed by atoms with Crippen molar-refractivity contribution in [3.05, 3.63) is 205 Å². The summed E-state index contributed by atoms with van der Waals surface area (Å²) in [6.07, 6.45) is -10.2. The fraction of sp³-hybridized carbons (Fsp3) is 0.0357. The number of aromatic nitrogens is 4. The largest absolute Gasteiger partial charge is 0.420 e. The Bertz CT molecular complexity index is 3880. The zero-order valence-electron chi connectivity index (χ0n) is 34.5. The van der Waals surface area contributed by atoms with Crippen LogP contribution in [0.3, 0.4) is 0 Å². The molecule has 13 rings (SSSR count). The van der Waals surface area contributed by atoms with E-state index in [9.17, 15) is 0 Å². The predicted molar refractivity (Wildman–Crippen MR) is 254 cm³/mol. The topological polar surface area (TPSA) is 19.7 Å². The van der Waals surface area contributed by atoms with Crippen LogP contribution in [0.25, 0.3) is 110 Å². The van der Waals surface area contributed by atoms with Gasteiger partial charge in [-0.25, -0.2) is 0 Å². The van der Waals surface area contributed by atoms with Crippen LogP contribution in [-0.2, 0) is 12.4 Å². The Balaban J connectivity index is 1.25. The van der Waals surface area contributed by atoms with Crippen LogP contribution in [-0.4, -0.2) is 18.3 Å². The van der Waals surface area contributed by atoms with Gasteiger partial charge >= 0.3 is 12.4 Å². The predicted octanol–water partition coefficient (Wildman–Crippen LogP) is 16.1. The van der Waals surface area contributed by atoms with Crippen LogP contribution >= 0.6 is 0 Å². The Morgan fingerprint density at radius 2 is 0.636 bits per heavy atom. The van der Waals surface area contributed by atoms with Crippen molar-refractivity contribution in [2.24, 2.45) is 0 Å². The highest BCUT2D eigenvalue weighted by atomic mass is 19.4. The van der Waals surface area contributed by atoms with Crippen molar-refractivity contribution in [2.45, 2.75) is 12.4 Å². The second-order valence-electron chi connectivity index (χ2n) is 16.7. The second-order valence-corrected chi connectivity index (χ2v) is 16.7. The average Bonchev–Trinajstić information content (AvgIpc) is 4.06. The van der Waals surface area contributed by atoms with Crippen molar-refractivity contribution in [3.63, 3.8) is 0 Å². The number of nitrogens with zero attached hydrogens (tertiary/aromatic N) is 4. The lowest BCUT2D eigenvalue weighted by atomic mass is 10.0. The molecule has 0 saturated carbocycles. The van der Waals surface area contributed by atoms with Gasteiger partial charge in [0.05, 0.1) is 61.1 Å². The van der Waals surface area contributed by atoms with Gasteiger partial charge in [0.15, 0.2) is 0 Å². The number of rotatable bonds is 4. The molecule has 0 aliphatic heterocycles. The molecule has 0 fully saturated rings. The lowest BCUT2D eigenvalue weighted by Crippen LogP contribution is -2.18. The van der Waals surface area contributed by atoms with Crippen LogP contribution in [0.5, 0.6) is 0 Å². The highest BCUT2D eigenvalue weighted by Crippen LogP contribution is 2.50. The first kappa shape index (κ1) is 38.2. The molecule has 0 aliphatic rings. The van der Waals surface area contributed by atoms with Crippen LogP contribution in [0.15, 0.2) is 194 Å². The van der Waals surface area contributed by atoms with E-state index in [4.69, 9.17) is 0 Å². The van der Waals surface area contributed by atoms with Crippen molar-refractivity contribution in [1.82, 2.24) is 18.3 Å². The van der Waals surface area contributed by atoms with E-state index in [1.807, 2.05) is 155 Å². The van der Waals surface area contributed by atoms with E-state index in [2.05, 4.69) is 0 Å². The molecule has 10 heteroatoms. The van der Waals surface area contributed by atoms with Crippen molar-refractivity contribution in [3.8, 4) is 22.7 Å². The van der Waals surface area contributed by atoms with Gasteiger partial charge in [0.25, 0.3) is 0 Å². The lowest BCUT2D eigenvalue weighted by Gasteiger charge is -2.24. The highest BCUT2D eigenvalue weighted by Gasteiger charge is 2.43. The van der Waals surface area contributed by atoms with Gasteiger partial charge in [-0.15, -0.1) is 0 Å². The first-order valence-corrected chi connectivity index (χ1v) is 21.4. The van der Waals surface area contributed by atoms with E-state index in [1.54, 1.807) is 36.4 Å². The second kappa shape index (κ2) is 13.6. The number of para-hydroxylation sites is 6. The zero-order valence-corrected chi connectivity index (χ0v) is 34.5. The molecule has 0 bridgehead atoms. The number of hydrogen-bond donors (Lipinski definition) is 0. The summed E-state index contributed by atoms with van der Waals surface area (Å²) in [6.45, 7) is 0. The number of hydrogen-bond acceptors (Lipinski definition) is 0. The molecule has 9 aromatic carbocycles. The summed E-state index contributed by atoms with van der Waals surface area (Å²) in [7, 11) is 0. The number of fused-ring (bicyclic) bond motifs is 14. The van der Waals surface area contributed by atoms with Gasteiger partial charge in [-0.1, -0.05) is 121 Å². The SMILES string of the molecule is FC(F)(F)c1cc(-n2c3ccccc3c3ccc4c(c5ccccc5n4-c4ccccc4)c32)c(C(F)(F)F)c(-n2c3ccccc3c3ccc4c(c5ccccc5n4-c4ccccc4)c32)c1. The molecule has 4 aromatic heterocycles. The number of halogens is 6. The quantitative estimate of drug-likeness (QED) is 0.157. The van der Waals surface area contributed by atoms with Crippen molar-refractivity contribution in [2.75, 3.05) is 0 Å². The minimum Gasteiger partial charge on any atom is -0.309 e. The Kier molecular flexibility index (Phi) is 7.90. The van der Waals surface area contributed by atoms with Crippen LogP contribution in [0.4, 0.5) is 26.3 Å². The van der Waals surface area contributed by atoms with E-state index >= 15 is 26.3 Å². The van der Waals surface area contributed by atoms with E-state index < -0.39 is 34.9 Å². The summed E-state index contributed by atoms with van der Waals surface area (Å²) in [5.41, 5.74) is 2.37. The van der Waals surface area contributed by atoms with Crippen molar-refractivity contribution < 1.29 is 26.3 Å². The third-order valence-electron chi connectivity index (χ3n) is 13.2. The van der Waals surface area contributed by atoms with Crippen LogP contribution < -0.4 is 0 Å². The Labute approximate surface area is 371 Å². The zero-order chi connectivity index (χ0) is 44.6. The number of alkyl halides is 6. The standard InChI is InChI=1S/C56H32F6N4/c57-55(58,59)33-31-48(65-42-23-11-7-19-36(42)38-27-29-46-50(53(38)65)40-21-9-13-25-44(40)63(46)34-15-3-1-4-16-34)52(56(60,61)62)49(32-33)66-43-24-12-8-20-37(43)39-28-30-47-51(54(39)66)41-22-10-14-26-45(41)64(47)35-17-5-2-6-18-35/h1-32H. The molecule has 0 unspecified atom stereocenters. The average molecular weight is 875 g/mol. The maximum atomic E-state index is 16.8. The van der Waals surface area contributed by atoms with Gasteiger partial charge in [-0.05, 0) is 72.8 Å². The van der Waals surface area contributed by atoms with Gasteiger partial charge in [-0.2, -0.15) is 26.3 Å². The van der Waals surface area contributed by atoms with Gasteiger partial charge in [0.1, 0.15) is 5.56 Å². The molecule has 4 heterocycles. The molecule has 0 aliphatic carbocycles. The highest BCUT2D eigenvalue weighted by molar-refractivity contribution is 6.28. The normalized spacial score (nSPS) is 12.7. The van der Waals surface area contributed by atoms with Crippen molar-refractivity contribution >= 4 is 87.2 Å². The fourth-order valence-electron chi connectivity index (χ4n) is 10.6. The third-order valence-corrected chi connectivity index (χ3v) is 13.2. The van der Waals surface area contributed by atoms with E-state index in [-0.39, 0.29) is 0 Å². The summed E-state index contributed by atoms with van der Waals surface area (Å²) < 4.78 is 104. The summed E-state index contributed by atoms with van der Waals surface area (Å²) in [5.74, 6) is 0. The first-order chi connectivity index (χ1) is 32.1. The third kappa shape index (κ3) is 5.29. The Hall–Kier alpha value is -8.24. The molecular weight excluding hydrogens is 843 g/mol. The number of benzene rings is 9. The Morgan fingerprint density at radius 1 is 0.288 bits per heavy atom. The smallest absolute Gasteiger partial charge is 0.309 e. The van der Waals surface area contributed by atoms with Crippen molar-refractivity contribution in [1.29, 1.82) is 0 Å². The monoisotopic (exact) mass is 874 g/mol. The molecule has 4 nitrogen and oxygen atoms in total. The van der Waals surface area contributed by atoms with Gasteiger partial charge in [0.2, 0.25) is 0 Å². The van der Waals surface area contributed by atoms with E-state index in [1.165, 1.54) is 9.13 Å². The van der Waals surface area contributed by atoms with Gasteiger partial charge < -0.3 is 18.3 Å². The molecule has 13 aromatic rings. The molecule has 0 atom stereocenters. The van der Waals surface area contributed by atoms with Crippen LogP contribution in [0.2, 0.25) is 0 Å². The minimum absolute atomic E-state index is 0.336. The summed E-state index contributed by atoms with van der Waals surface area (Å²) in [6, 6.07) is 57.4. The van der Waals surface area contributed by atoms with Crippen LogP contribution in [0.1, 0.15) is 11.1 Å². The molecule has 0 saturated heterocycles. The van der Waals surface area contributed by atoms with E-state index in [0.717, 1.165) is 33.2 Å². The molecule has 0 N–H and O–H groups in total. The summed E-state index contributed by atoms with van der Waals surface area (Å²) in [5, 5.41) is 5.13. The van der Waals surface area contributed by atoms with E-state index in [0.29, 0.717) is 77.6 Å². The Morgan fingerprint density at radius 3 is 1.02 bits per heavy atom.